The predicted molar refractivity (Wildman–Crippen MR) is 171 cm³/mol. The van der Waals surface area contributed by atoms with Gasteiger partial charge in [0.2, 0.25) is 5.95 Å². The van der Waals surface area contributed by atoms with E-state index in [4.69, 9.17) is 14.5 Å². The number of nitrogens with zero attached hydrogens (tertiary/aromatic N) is 5. The highest BCUT2D eigenvalue weighted by Gasteiger charge is 2.33. The van der Waals surface area contributed by atoms with Crippen LogP contribution in [0.15, 0.2) is 48.9 Å². The van der Waals surface area contributed by atoms with Gasteiger partial charge < -0.3 is 34.5 Å². The number of halogens is 2. The minimum absolute atomic E-state index is 0.116. The lowest BCUT2D eigenvalue weighted by Crippen LogP contribution is -2.28. The van der Waals surface area contributed by atoms with Crippen LogP contribution in [0.1, 0.15) is 37.3 Å². The zero-order valence-corrected chi connectivity index (χ0v) is 25.8. The van der Waals surface area contributed by atoms with Crippen molar-refractivity contribution in [1.29, 1.82) is 0 Å². The molecule has 2 fully saturated rings. The molecule has 11 heteroatoms. The average molecular weight is 604 g/mol. The molecule has 0 spiro atoms. The van der Waals surface area contributed by atoms with Crippen molar-refractivity contribution in [2.24, 2.45) is 0 Å². The number of nitrogens with one attached hydrogen (secondary N) is 2. The Hall–Kier alpha value is -4.22. The fourth-order valence-corrected chi connectivity index (χ4v) is 5.58. The summed E-state index contributed by atoms with van der Waals surface area (Å²) in [6.07, 6.45) is 9.27. The Morgan fingerprint density at radius 1 is 1.11 bits per heavy atom. The Morgan fingerprint density at radius 2 is 1.91 bits per heavy atom. The molecule has 1 aliphatic heterocycles. The molecule has 0 bridgehead atoms. The highest BCUT2D eigenvalue weighted by Crippen LogP contribution is 2.44. The van der Waals surface area contributed by atoms with Crippen LogP contribution in [0.5, 0.6) is 5.75 Å². The molecule has 4 aromatic rings. The third kappa shape index (κ3) is 5.81. The fourth-order valence-electron chi connectivity index (χ4n) is 5.58. The van der Waals surface area contributed by atoms with Crippen molar-refractivity contribution in [3.63, 3.8) is 0 Å². The quantitative estimate of drug-likeness (QED) is 0.190. The van der Waals surface area contributed by atoms with E-state index in [9.17, 15) is 0 Å². The van der Waals surface area contributed by atoms with Crippen LogP contribution in [-0.2, 0) is 4.74 Å². The van der Waals surface area contributed by atoms with E-state index in [0.29, 0.717) is 52.8 Å². The normalized spacial score (nSPS) is 15.3. The molecule has 9 nitrogen and oxygen atoms in total. The topological polar surface area (TPSA) is 79.7 Å². The minimum Gasteiger partial charge on any atom is -0.494 e. The fraction of sp³-hybridized carbons (Fsp3) is 0.394. The van der Waals surface area contributed by atoms with E-state index in [1.165, 1.54) is 6.07 Å². The summed E-state index contributed by atoms with van der Waals surface area (Å²) in [5.41, 5.74) is 4.30. The molecule has 6 rings (SSSR count). The number of methoxy groups -OCH3 is 1. The lowest BCUT2D eigenvalue weighted by Gasteiger charge is -2.27. The van der Waals surface area contributed by atoms with Crippen molar-refractivity contribution >= 4 is 33.9 Å². The molecule has 1 aliphatic carbocycles. The maximum absolute atomic E-state index is 15.9. The second kappa shape index (κ2) is 12.4. The number of hydrogen-bond acceptors (Lipinski definition) is 8. The maximum Gasteiger partial charge on any atom is 0.227 e. The van der Waals surface area contributed by atoms with Gasteiger partial charge in [-0.25, -0.2) is 18.7 Å². The van der Waals surface area contributed by atoms with E-state index in [1.54, 1.807) is 19.4 Å². The summed E-state index contributed by atoms with van der Waals surface area (Å²) in [6.45, 7) is 4.33. The average Bonchev–Trinajstić information content (AvgIpc) is 3.76. The van der Waals surface area contributed by atoms with Crippen molar-refractivity contribution in [2.45, 2.75) is 31.7 Å². The van der Waals surface area contributed by atoms with Crippen LogP contribution in [0.3, 0.4) is 0 Å². The molecule has 0 atom stereocenters. The highest BCUT2D eigenvalue weighted by molar-refractivity contribution is 5.96. The number of benzene rings is 2. The summed E-state index contributed by atoms with van der Waals surface area (Å²) in [7, 11) is 7.77. The van der Waals surface area contributed by atoms with Crippen LogP contribution >= 0.6 is 0 Å². The second-order valence-corrected chi connectivity index (χ2v) is 11.7. The molecule has 0 unspecified atom stereocenters. The Labute approximate surface area is 256 Å². The lowest BCUT2D eigenvalue weighted by atomic mass is 9.94. The number of aromatic nitrogens is 3. The standard InChI is InChI=1S/C33H39F2N7O2/c1-6-10-36-26-15-27(29(43-5)16-28(26)41(4)13-12-40(2)3)39-33-37-11-9-25(38-33)23-17-42(21-7-8-21)32-22(23)14-24(34)30(31(32)35)20-18-44-19-20/h6,9-11,14-17,20-21,36H,7-8,12-13,18-19H2,1-5H3,(H,37,38,39). The predicted octanol–water partition coefficient (Wildman–Crippen LogP) is 6.52. The van der Waals surface area contributed by atoms with Crippen LogP contribution in [0, 0.1) is 11.6 Å². The third-order valence-corrected chi connectivity index (χ3v) is 8.23. The summed E-state index contributed by atoms with van der Waals surface area (Å²) in [5, 5.41) is 7.18. The highest BCUT2D eigenvalue weighted by atomic mass is 19.1. The molecular weight excluding hydrogens is 564 g/mol. The van der Waals surface area contributed by atoms with Gasteiger partial charge in [-0.2, -0.15) is 0 Å². The molecule has 1 saturated carbocycles. The monoisotopic (exact) mass is 603 g/mol. The van der Waals surface area contributed by atoms with Crippen LogP contribution in [0.25, 0.3) is 22.2 Å². The summed E-state index contributed by atoms with van der Waals surface area (Å²) in [6, 6.07) is 7.35. The first-order valence-corrected chi connectivity index (χ1v) is 14.9. The number of ether oxygens (including phenoxy) is 2. The largest absolute Gasteiger partial charge is 0.494 e. The molecule has 2 aromatic heterocycles. The number of anilines is 4. The van der Waals surface area contributed by atoms with Crippen molar-refractivity contribution < 1.29 is 18.3 Å². The summed E-state index contributed by atoms with van der Waals surface area (Å²) in [4.78, 5) is 13.6. The molecular formula is C33H39F2N7O2. The molecule has 3 heterocycles. The third-order valence-electron chi connectivity index (χ3n) is 8.23. The molecule has 232 valence electrons. The molecule has 2 aromatic carbocycles. The molecule has 2 N–H and O–H groups in total. The van der Waals surface area contributed by atoms with Gasteiger partial charge >= 0.3 is 0 Å². The van der Waals surface area contributed by atoms with Crippen molar-refractivity contribution in [2.75, 3.05) is 70.1 Å². The Kier molecular flexibility index (Phi) is 8.42. The van der Waals surface area contributed by atoms with Gasteiger partial charge in [0.15, 0.2) is 5.82 Å². The maximum atomic E-state index is 15.9. The van der Waals surface area contributed by atoms with Gasteiger partial charge in [-0.3, -0.25) is 0 Å². The molecule has 0 amide bonds. The van der Waals surface area contributed by atoms with Gasteiger partial charge in [0.1, 0.15) is 11.6 Å². The van der Waals surface area contributed by atoms with Crippen LogP contribution in [-0.4, -0.2) is 74.0 Å². The summed E-state index contributed by atoms with van der Waals surface area (Å²) >= 11 is 0. The van der Waals surface area contributed by atoms with Gasteiger partial charge in [-0.15, -0.1) is 0 Å². The summed E-state index contributed by atoms with van der Waals surface area (Å²) < 4.78 is 44.2. The molecule has 44 heavy (non-hydrogen) atoms. The molecule has 0 radical (unpaired) electrons. The Balaban J connectivity index is 1.37. The zero-order valence-electron chi connectivity index (χ0n) is 25.8. The van der Waals surface area contributed by atoms with Crippen LogP contribution < -0.4 is 20.3 Å². The number of hydrogen-bond donors (Lipinski definition) is 2. The minimum atomic E-state index is -0.549. The van der Waals surface area contributed by atoms with E-state index in [1.807, 2.05) is 63.2 Å². The van der Waals surface area contributed by atoms with Crippen molar-refractivity contribution in [3.8, 4) is 17.0 Å². The Morgan fingerprint density at radius 3 is 2.57 bits per heavy atom. The van der Waals surface area contributed by atoms with Gasteiger partial charge in [-0.1, -0.05) is 6.08 Å². The van der Waals surface area contributed by atoms with Gasteiger partial charge in [0.05, 0.1) is 48.6 Å². The van der Waals surface area contributed by atoms with Gasteiger partial charge in [0, 0.05) is 67.1 Å². The second-order valence-electron chi connectivity index (χ2n) is 11.7. The van der Waals surface area contributed by atoms with E-state index in [0.717, 1.165) is 37.3 Å². The van der Waals surface area contributed by atoms with E-state index in [2.05, 4.69) is 25.4 Å². The first-order valence-electron chi connectivity index (χ1n) is 14.9. The SMILES string of the molecule is CC=CNc1cc(Nc2nccc(-c3cn(C4CC4)c4c(F)c(C5COC5)c(F)cc34)n2)c(OC)cc1N(C)CCN(C)C. The number of rotatable bonds is 12. The van der Waals surface area contributed by atoms with Crippen LogP contribution in [0.4, 0.5) is 31.8 Å². The van der Waals surface area contributed by atoms with Crippen LogP contribution in [0.2, 0.25) is 0 Å². The van der Waals surface area contributed by atoms with E-state index < -0.39 is 11.6 Å². The van der Waals surface area contributed by atoms with E-state index in [-0.39, 0.29) is 17.5 Å². The molecule has 2 aliphatic rings. The number of allylic oxidation sites excluding steroid dienone is 1. The van der Waals surface area contributed by atoms with Gasteiger partial charge in [0.25, 0.3) is 0 Å². The van der Waals surface area contributed by atoms with Crippen molar-refractivity contribution in [1.82, 2.24) is 19.4 Å². The van der Waals surface area contributed by atoms with Crippen molar-refractivity contribution in [3.05, 3.63) is 66.1 Å². The number of fused-ring (bicyclic) bond motifs is 1. The lowest BCUT2D eigenvalue weighted by molar-refractivity contribution is 0.00564. The molecule has 1 saturated heterocycles. The van der Waals surface area contributed by atoms with Gasteiger partial charge in [-0.05, 0) is 58.3 Å². The van der Waals surface area contributed by atoms with E-state index >= 15 is 8.78 Å². The number of likely N-dealkylation sites (N-methyl/N-ethyl adjacent to an activating group) is 2. The summed E-state index contributed by atoms with van der Waals surface area (Å²) in [5.74, 6) is -0.351. The first-order chi connectivity index (χ1) is 21.3. The Bertz CT molecular complexity index is 1700. The smallest absolute Gasteiger partial charge is 0.227 e. The zero-order chi connectivity index (χ0) is 31.0. The first kappa shape index (κ1) is 29.8.